The van der Waals surface area contributed by atoms with Crippen molar-refractivity contribution in [3.63, 3.8) is 0 Å². The van der Waals surface area contributed by atoms with E-state index < -0.39 is 57.7 Å². The van der Waals surface area contributed by atoms with E-state index >= 15 is 0 Å². The van der Waals surface area contributed by atoms with Gasteiger partial charge in [-0.15, -0.1) is 0 Å². The van der Waals surface area contributed by atoms with Crippen molar-refractivity contribution in [2.45, 2.75) is 55.2 Å². The third kappa shape index (κ3) is 3.42. The first kappa shape index (κ1) is 19.7. The van der Waals surface area contributed by atoms with Gasteiger partial charge in [0.1, 0.15) is 6.10 Å². The Morgan fingerprint density at radius 2 is 1.85 bits per heavy atom. The van der Waals surface area contributed by atoms with E-state index in [1.165, 1.54) is 0 Å². The average Bonchev–Trinajstić information content (AvgIpc) is 2.58. The van der Waals surface area contributed by atoms with Crippen molar-refractivity contribution < 1.29 is 49.2 Å². The fourth-order valence-electron chi connectivity index (χ4n) is 4.37. The van der Waals surface area contributed by atoms with Gasteiger partial charge in [-0.1, -0.05) is 0 Å². The number of carbonyl (C=O) groups excluding carboxylic acids is 1. The summed E-state index contributed by atoms with van der Waals surface area (Å²) in [7, 11) is -6.29. The zero-order valence-electron chi connectivity index (χ0n) is 13.3. The van der Waals surface area contributed by atoms with Crippen molar-refractivity contribution in [1.29, 1.82) is 0 Å². The van der Waals surface area contributed by atoms with Crippen LogP contribution in [0.25, 0.3) is 0 Å². The minimum Gasteiger partial charge on any atom is -0.462 e. The smallest absolute Gasteiger partial charge is 0.401 e. The van der Waals surface area contributed by atoms with Gasteiger partial charge < -0.3 is 9.47 Å². The summed E-state index contributed by atoms with van der Waals surface area (Å²) >= 11 is 0. The summed E-state index contributed by atoms with van der Waals surface area (Å²) in [6, 6.07) is 0. The maximum absolute atomic E-state index is 13.7. The molecule has 4 aliphatic rings. The van der Waals surface area contributed by atoms with Crippen LogP contribution in [-0.4, -0.2) is 48.7 Å². The first-order valence-electron chi connectivity index (χ1n) is 7.99. The molecule has 12 heteroatoms. The van der Waals surface area contributed by atoms with Gasteiger partial charge >= 0.3 is 27.5 Å². The largest absolute Gasteiger partial charge is 0.462 e. The van der Waals surface area contributed by atoms with E-state index in [1.807, 2.05) is 0 Å². The number of halogens is 5. The van der Waals surface area contributed by atoms with Crippen LogP contribution in [0.4, 0.5) is 22.0 Å². The van der Waals surface area contributed by atoms with Crippen molar-refractivity contribution >= 4 is 16.1 Å². The maximum Gasteiger partial charge on any atom is 0.401 e. The van der Waals surface area contributed by atoms with Crippen LogP contribution in [-0.2, 0) is 24.4 Å². The fraction of sp³-hybridized carbons (Fsp3) is 0.929. The third-order valence-corrected chi connectivity index (χ3v) is 6.38. The highest BCUT2D eigenvalue weighted by Gasteiger charge is 2.64. The molecule has 6 nitrogen and oxygen atoms in total. The van der Waals surface area contributed by atoms with Crippen LogP contribution in [0.3, 0.4) is 0 Å². The second-order valence-corrected chi connectivity index (χ2v) is 8.83. The lowest BCUT2D eigenvalue weighted by atomic mass is 9.65. The lowest BCUT2D eigenvalue weighted by Gasteiger charge is -2.46. The van der Waals surface area contributed by atoms with Gasteiger partial charge in [-0.2, -0.15) is 30.4 Å². The molecule has 0 amide bonds. The van der Waals surface area contributed by atoms with E-state index in [-0.39, 0.29) is 18.8 Å². The highest BCUT2D eigenvalue weighted by atomic mass is 32.2. The number of hydrogen-bond acceptors (Lipinski definition) is 5. The Morgan fingerprint density at radius 3 is 2.42 bits per heavy atom. The van der Waals surface area contributed by atoms with Gasteiger partial charge in [-0.25, -0.2) is 0 Å². The molecule has 5 atom stereocenters. The summed E-state index contributed by atoms with van der Waals surface area (Å²) in [4.78, 5) is 11.9. The normalized spacial score (nSPS) is 35.9. The topological polar surface area (TPSA) is 89.9 Å². The molecule has 2 saturated heterocycles. The Bertz CT molecular complexity index is 692. The molecule has 2 aliphatic carbocycles. The molecule has 1 N–H and O–H groups in total. The average molecular weight is 408 g/mol. The number of alkyl halides is 5. The van der Waals surface area contributed by atoms with Crippen LogP contribution < -0.4 is 0 Å². The molecule has 2 heterocycles. The summed E-state index contributed by atoms with van der Waals surface area (Å²) in [5.41, 5.74) is -1.25. The molecule has 2 aliphatic heterocycles. The number of fused-ring (bicyclic) bond motifs is 1. The van der Waals surface area contributed by atoms with Crippen LogP contribution in [0.2, 0.25) is 0 Å². The molecule has 0 aromatic carbocycles. The monoisotopic (exact) mass is 408 g/mol. The molecule has 0 aromatic rings. The summed E-state index contributed by atoms with van der Waals surface area (Å²) in [5, 5.41) is -5.45. The first-order chi connectivity index (χ1) is 11.7. The molecule has 4 bridgehead atoms. The van der Waals surface area contributed by atoms with E-state index in [4.69, 9.17) is 14.0 Å². The van der Waals surface area contributed by atoms with Crippen LogP contribution in [0.5, 0.6) is 0 Å². The summed E-state index contributed by atoms with van der Waals surface area (Å²) in [6.07, 6.45) is -4.72. The van der Waals surface area contributed by atoms with Crippen LogP contribution in [0.15, 0.2) is 0 Å². The number of rotatable bonds is 5. The minimum atomic E-state index is -6.29. The highest BCUT2D eigenvalue weighted by Crippen LogP contribution is 2.52. The lowest BCUT2D eigenvalue weighted by Crippen LogP contribution is -2.52. The molecule has 0 spiro atoms. The fourth-order valence-corrected chi connectivity index (χ4v) is 4.93. The van der Waals surface area contributed by atoms with Crippen LogP contribution in [0, 0.1) is 17.8 Å². The molecule has 2 saturated carbocycles. The molecule has 150 valence electrons. The van der Waals surface area contributed by atoms with E-state index in [2.05, 4.69) is 0 Å². The Kier molecular flexibility index (Phi) is 4.55. The van der Waals surface area contributed by atoms with Crippen LogP contribution >= 0.6 is 0 Å². The zero-order valence-corrected chi connectivity index (χ0v) is 14.2. The predicted molar refractivity (Wildman–Crippen MR) is 74.7 cm³/mol. The maximum atomic E-state index is 13.7. The van der Waals surface area contributed by atoms with E-state index in [0.717, 1.165) is 0 Å². The van der Waals surface area contributed by atoms with E-state index in [0.29, 0.717) is 19.3 Å². The van der Waals surface area contributed by atoms with Gasteiger partial charge in [0, 0.05) is 6.42 Å². The molecule has 5 unspecified atom stereocenters. The third-order valence-electron chi connectivity index (χ3n) is 5.41. The van der Waals surface area contributed by atoms with Gasteiger partial charge in [-0.05, 0) is 31.6 Å². The molecule has 0 radical (unpaired) electrons. The Morgan fingerprint density at radius 1 is 1.19 bits per heavy atom. The van der Waals surface area contributed by atoms with Gasteiger partial charge in [-0.3, -0.25) is 9.35 Å². The number of hydrogen-bond donors (Lipinski definition) is 1. The van der Waals surface area contributed by atoms with Crippen LogP contribution in [0.1, 0.15) is 32.1 Å². The van der Waals surface area contributed by atoms with Gasteiger partial charge in [0.15, 0.2) is 5.92 Å². The Labute approximate surface area is 145 Å². The summed E-state index contributed by atoms with van der Waals surface area (Å²) in [5.74, 6) is -4.81. The van der Waals surface area contributed by atoms with E-state index in [9.17, 15) is 35.2 Å². The van der Waals surface area contributed by atoms with Crippen molar-refractivity contribution in [3.8, 4) is 0 Å². The minimum absolute atomic E-state index is 0.0367. The SMILES string of the molecule is O=C1OC2CC3CC1CC(OCC(C(F)(F)F)C(F)(F)S(=O)(=O)O)(C3)C2. The molecule has 0 aromatic heterocycles. The Hall–Kier alpha value is -1.01. The quantitative estimate of drug-likeness (QED) is 0.427. The first-order valence-corrected chi connectivity index (χ1v) is 9.43. The van der Waals surface area contributed by atoms with Gasteiger partial charge in [0.25, 0.3) is 0 Å². The summed E-state index contributed by atoms with van der Waals surface area (Å²) in [6.45, 7) is -1.64. The number of carbonyl (C=O) groups is 1. The summed E-state index contributed by atoms with van der Waals surface area (Å²) < 4.78 is 107. The van der Waals surface area contributed by atoms with Crippen molar-refractivity contribution in [2.75, 3.05) is 6.61 Å². The van der Waals surface area contributed by atoms with Crippen molar-refractivity contribution in [1.82, 2.24) is 0 Å². The second kappa shape index (κ2) is 5.99. The molecule has 26 heavy (non-hydrogen) atoms. The molecular formula is C14H17F5O6S. The zero-order chi connectivity index (χ0) is 19.5. The standard InChI is InChI=1S/C14H17F5O6S/c15-13(16,17)10(14(18,19)26(21,22)23)6-24-12-3-7-1-8(4-12)11(20)25-9(2-7)5-12/h7-10H,1-6H2,(H,21,22,23). The number of ether oxygens (including phenoxy) is 2. The molecule has 4 rings (SSSR count). The van der Waals surface area contributed by atoms with Crippen molar-refractivity contribution in [3.05, 3.63) is 0 Å². The lowest BCUT2D eigenvalue weighted by molar-refractivity contribution is -0.248. The molecule has 4 fully saturated rings. The van der Waals surface area contributed by atoms with E-state index in [1.54, 1.807) is 0 Å². The second-order valence-electron chi connectivity index (χ2n) is 7.33. The van der Waals surface area contributed by atoms with Crippen molar-refractivity contribution in [2.24, 2.45) is 17.8 Å². The highest BCUT2D eigenvalue weighted by molar-refractivity contribution is 7.86. The predicted octanol–water partition coefficient (Wildman–Crippen LogP) is 2.54. The molecular weight excluding hydrogens is 391 g/mol. The van der Waals surface area contributed by atoms with Gasteiger partial charge in [0.2, 0.25) is 0 Å². The Balaban J connectivity index is 1.83. The van der Waals surface area contributed by atoms with Gasteiger partial charge in [0.05, 0.1) is 18.1 Å². The number of esters is 1.